The highest BCUT2D eigenvalue weighted by Crippen LogP contribution is 2.30. The molecular formula is C14H19ClN2OS. The van der Waals surface area contributed by atoms with Crippen LogP contribution in [0.4, 0.5) is 0 Å². The van der Waals surface area contributed by atoms with Crippen molar-refractivity contribution >= 4 is 29.3 Å². The SMILES string of the molecule is CC1(CN)CCN(C(=O)CSc2ccccc2Cl)C1. The predicted molar refractivity (Wildman–Crippen MR) is 80.5 cm³/mol. The van der Waals surface area contributed by atoms with E-state index in [1.807, 2.05) is 29.2 Å². The molecule has 1 unspecified atom stereocenters. The van der Waals surface area contributed by atoms with Crippen LogP contribution in [-0.2, 0) is 4.79 Å². The monoisotopic (exact) mass is 298 g/mol. The van der Waals surface area contributed by atoms with Gasteiger partial charge in [-0.1, -0.05) is 30.7 Å². The number of hydrogen-bond donors (Lipinski definition) is 1. The van der Waals surface area contributed by atoms with Gasteiger partial charge in [-0.2, -0.15) is 0 Å². The second-order valence-electron chi connectivity index (χ2n) is 5.30. The van der Waals surface area contributed by atoms with Gasteiger partial charge in [-0.3, -0.25) is 4.79 Å². The molecule has 1 amide bonds. The number of nitrogens with zero attached hydrogens (tertiary/aromatic N) is 1. The van der Waals surface area contributed by atoms with Crippen molar-refractivity contribution in [3.8, 4) is 0 Å². The lowest BCUT2D eigenvalue weighted by Gasteiger charge is -2.22. The minimum absolute atomic E-state index is 0.0880. The number of carbonyl (C=O) groups is 1. The lowest BCUT2D eigenvalue weighted by Crippen LogP contribution is -2.35. The summed E-state index contributed by atoms with van der Waals surface area (Å²) in [4.78, 5) is 15.0. The van der Waals surface area contributed by atoms with E-state index in [-0.39, 0.29) is 11.3 Å². The number of amides is 1. The summed E-state index contributed by atoms with van der Waals surface area (Å²) in [5, 5.41) is 0.702. The Morgan fingerprint density at radius 2 is 2.26 bits per heavy atom. The fourth-order valence-electron chi connectivity index (χ4n) is 2.20. The maximum Gasteiger partial charge on any atom is 0.232 e. The summed E-state index contributed by atoms with van der Waals surface area (Å²) in [5.41, 5.74) is 5.84. The molecule has 2 N–H and O–H groups in total. The topological polar surface area (TPSA) is 46.3 Å². The number of hydrogen-bond acceptors (Lipinski definition) is 3. The Labute approximate surface area is 123 Å². The van der Waals surface area contributed by atoms with E-state index in [0.29, 0.717) is 17.3 Å². The smallest absolute Gasteiger partial charge is 0.232 e. The normalized spacial score (nSPS) is 22.8. The molecule has 0 spiro atoms. The zero-order valence-electron chi connectivity index (χ0n) is 11.1. The van der Waals surface area contributed by atoms with E-state index in [2.05, 4.69) is 6.92 Å². The van der Waals surface area contributed by atoms with Crippen LogP contribution in [0.15, 0.2) is 29.2 Å². The van der Waals surface area contributed by atoms with Gasteiger partial charge in [0.1, 0.15) is 0 Å². The Hall–Kier alpha value is -0.710. The molecule has 104 valence electrons. The van der Waals surface area contributed by atoms with Crippen LogP contribution in [0.2, 0.25) is 5.02 Å². The number of halogens is 1. The summed E-state index contributed by atoms with van der Waals surface area (Å²) in [6, 6.07) is 7.60. The molecule has 2 rings (SSSR count). The molecule has 19 heavy (non-hydrogen) atoms. The first-order chi connectivity index (χ1) is 9.04. The molecular weight excluding hydrogens is 280 g/mol. The number of nitrogens with two attached hydrogens (primary N) is 1. The lowest BCUT2D eigenvalue weighted by atomic mass is 9.90. The van der Waals surface area contributed by atoms with Crippen LogP contribution in [0.1, 0.15) is 13.3 Å². The van der Waals surface area contributed by atoms with E-state index in [4.69, 9.17) is 17.3 Å². The standard InChI is InChI=1S/C14H19ClN2OS/c1-14(9-16)6-7-17(10-14)13(18)8-19-12-5-3-2-4-11(12)15/h2-5H,6-10,16H2,1H3. The van der Waals surface area contributed by atoms with Crippen molar-refractivity contribution in [1.29, 1.82) is 0 Å². The summed E-state index contributed by atoms with van der Waals surface area (Å²) in [6.45, 7) is 4.36. The van der Waals surface area contributed by atoms with Crippen molar-refractivity contribution in [2.24, 2.45) is 11.1 Å². The van der Waals surface area contributed by atoms with Crippen molar-refractivity contribution in [2.75, 3.05) is 25.4 Å². The number of likely N-dealkylation sites (tertiary alicyclic amines) is 1. The molecule has 0 aromatic heterocycles. The Kier molecular flexibility index (Phi) is 4.76. The molecule has 1 atom stereocenters. The highest BCUT2D eigenvalue weighted by atomic mass is 35.5. The van der Waals surface area contributed by atoms with Crippen molar-refractivity contribution < 1.29 is 4.79 Å². The Morgan fingerprint density at radius 3 is 2.89 bits per heavy atom. The molecule has 5 heteroatoms. The molecule has 1 aromatic carbocycles. The average Bonchev–Trinajstić information content (AvgIpc) is 2.81. The maximum absolute atomic E-state index is 12.2. The van der Waals surface area contributed by atoms with Crippen molar-refractivity contribution in [2.45, 2.75) is 18.2 Å². The van der Waals surface area contributed by atoms with Crippen LogP contribution < -0.4 is 5.73 Å². The summed E-state index contributed by atoms with van der Waals surface area (Å²) in [7, 11) is 0. The van der Waals surface area contributed by atoms with Gasteiger partial charge in [0.2, 0.25) is 5.91 Å². The maximum atomic E-state index is 12.2. The van der Waals surface area contributed by atoms with E-state index in [9.17, 15) is 4.79 Å². The van der Waals surface area contributed by atoms with E-state index in [1.54, 1.807) is 0 Å². The molecule has 1 aliphatic rings. The number of carbonyl (C=O) groups excluding carboxylic acids is 1. The highest BCUT2D eigenvalue weighted by Gasteiger charge is 2.34. The van der Waals surface area contributed by atoms with Gasteiger partial charge in [-0.25, -0.2) is 0 Å². The van der Waals surface area contributed by atoms with Gasteiger partial charge in [0.15, 0.2) is 0 Å². The lowest BCUT2D eigenvalue weighted by molar-refractivity contribution is -0.127. The second kappa shape index (κ2) is 6.16. The molecule has 1 fully saturated rings. The van der Waals surface area contributed by atoms with Gasteiger partial charge in [0.25, 0.3) is 0 Å². The molecule has 0 saturated carbocycles. The van der Waals surface area contributed by atoms with Crippen molar-refractivity contribution in [3.63, 3.8) is 0 Å². The van der Waals surface area contributed by atoms with Gasteiger partial charge < -0.3 is 10.6 Å². The minimum atomic E-state index is 0.0880. The third kappa shape index (κ3) is 3.65. The first-order valence-electron chi connectivity index (χ1n) is 6.39. The number of rotatable bonds is 4. The molecule has 1 aromatic rings. The Balaban J connectivity index is 1.88. The van der Waals surface area contributed by atoms with E-state index in [1.165, 1.54) is 11.8 Å². The van der Waals surface area contributed by atoms with Gasteiger partial charge in [0.05, 0.1) is 10.8 Å². The molecule has 0 aliphatic carbocycles. The summed E-state index contributed by atoms with van der Waals surface area (Å²) in [5.74, 6) is 0.604. The van der Waals surface area contributed by atoms with Crippen LogP contribution in [0.3, 0.4) is 0 Å². The Bertz CT molecular complexity index is 469. The van der Waals surface area contributed by atoms with Gasteiger partial charge in [0, 0.05) is 18.0 Å². The predicted octanol–water partition coefficient (Wildman–Crippen LogP) is 2.63. The fraction of sp³-hybridized carbons (Fsp3) is 0.500. The largest absolute Gasteiger partial charge is 0.341 e. The van der Waals surface area contributed by atoms with Gasteiger partial charge in [-0.15, -0.1) is 11.8 Å². The summed E-state index contributed by atoms with van der Waals surface area (Å²) < 4.78 is 0. The van der Waals surface area contributed by atoms with Gasteiger partial charge in [-0.05, 0) is 30.5 Å². The first kappa shape index (κ1) is 14.7. The third-order valence-corrected chi connectivity index (χ3v) is 5.09. The molecule has 0 bridgehead atoms. The van der Waals surface area contributed by atoms with E-state index < -0.39 is 0 Å². The summed E-state index contributed by atoms with van der Waals surface area (Å²) >= 11 is 7.57. The third-order valence-electron chi connectivity index (χ3n) is 3.59. The van der Waals surface area contributed by atoms with Crippen molar-refractivity contribution in [1.82, 2.24) is 4.90 Å². The zero-order valence-corrected chi connectivity index (χ0v) is 12.6. The molecule has 3 nitrogen and oxygen atoms in total. The van der Waals surface area contributed by atoms with Crippen LogP contribution in [0, 0.1) is 5.41 Å². The van der Waals surface area contributed by atoms with Crippen LogP contribution in [-0.4, -0.2) is 36.2 Å². The molecule has 1 aliphatic heterocycles. The van der Waals surface area contributed by atoms with Crippen LogP contribution >= 0.6 is 23.4 Å². The van der Waals surface area contributed by atoms with Crippen molar-refractivity contribution in [3.05, 3.63) is 29.3 Å². The van der Waals surface area contributed by atoms with E-state index in [0.717, 1.165) is 24.4 Å². The first-order valence-corrected chi connectivity index (χ1v) is 7.76. The average molecular weight is 299 g/mol. The summed E-state index contributed by atoms with van der Waals surface area (Å²) in [6.07, 6.45) is 0.992. The number of thioether (sulfide) groups is 1. The quantitative estimate of drug-likeness (QED) is 0.869. The van der Waals surface area contributed by atoms with E-state index >= 15 is 0 Å². The van der Waals surface area contributed by atoms with Gasteiger partial charge >= 0.3 is 0 Å². The zero-order chi connectivity index (χ0) is 13.9. The fourth-order valence-corrected chi connectivity index (χ4v) is 3.34. The van der Waals surface area contributed by atoms with Crippen LogP contribution in [0.25, 0.3) is 0 Å². The molecule has 1 saturated heterocycles. The highest BCUT2D eigenvalue weighted by molar-refractivity contribution is 8.00. The minimum Gasteiger partial charge on any atom is -0.341 e. The number of benzene rings is 1. The second-order valence-corrected chi connectivity index (χ2v) is 6.72. The Morgan fingerprint density at radius 1 is 1.53 bits per heavy atom. The molecule has 0 radical (unpaired) electrons. The van der Waals surface area contributed by atoms with Crippen LogP contribution in [0.5, 0.6) is 0 Å². The molecule has 1 heterocycles.